The molecule has 2 unspecified atom stereocenters. The van der Waals surface area contributed by atoms with E-state index in [1.54, 1.807) is 6.92 Å². The van der Waals surface area contributed by atoms with Crippen molar-refractivity contribution in [1.82, 2.24) is 9.29 Å². The number of carboxylic acid groups (broad SMARTS) is 1. The molecule has 1 fully saturated rings. The van der Waals surface area contributed by atoms with E-state index in [1.165, 1.54) is 16.4 Å². The second-order valence-electron chi connectivity index (χ2n) is 4.89. The minimum absolute atomic E-state index is 0.0635. The van der Waals surface area contributed by atoms with Gasteiger partial charge in [-0.1, -0.05) is 6.92 Å². The predicted octanol–water partition coefficient (Wildman–Crippen LogP) is 0.171. The van der Waals surface area contributed by atoms with Gasteiger partial charge in [0.25, 0.3) is 10.0 Å². The molecule has 1 aromatic rings. The van der Waals surface area contributed by atoms with E-state index in [-0.39, 0.29) is 29.6 Å². The molecule has 0 saturated carbocycles. The average Bonchev–Trinajstić information content (AvgIpc) is 2.41. The smallest absolute Gasteiger partial charge is 0.337 e. The summed E-state index contributed by atoms with van der Waals surface area (Å²) >= 11 is 0. The lowest BCUT2D eigenvalue weighted by Gasteiger charge is -2.33. The fourth-order valence-corrected chi connectivity index (χ4v) is 3.57. The maximum atomic E-state index is 12.4. The molecule has 110 valence electrons. The lowest BCUT2D eigenvalue weighted by atomic mass is 9.99. The molecule has 0 aliphatic carbocycles. The number of aromatic nitrogens is 1. The Labute approximate surface area is 116 Å². The molecule has 2 atom stereocenters. The van der Waals surface area contributed by atoms with Crippen LogP contribution in [0.1, 0.15) is 23.7 Å². The third-order valence-corrected chi connectivity index (χ3v) is 5.19. The molecule has 0 radical (unpaired) electrons. The number of nitrogens with zero attached hydrogens (tertiary/aromatic N) is 2. The Morgan fingerprint density at radius 2 is 2.15 bits per heavy atom. The van der Waals surface area contributed by atoms with Crippen LogP contribution in [-0.4, -0.2) is 53.1 Å². The van der Waals surface area contributed by atoms with Gasteiger partial charge in [-0.15, -0.1) is 0 Å². The number of hydrogen-bond acceptors (Lipinski definition) is 5. The van der Waals surface area contributed by atoms with Gasteiger partial charge in [-0.05, 0) is 24.5 Å². The average molecular weight is 300 g/mol. The summed E-state index contributed by atoms with van der Waals surface area (Å²) < 4.78 is 26.0. The first kappa shape index (κ1) is 14.9. The molecule has 2 heterocycles. The second-order valence-corrected chi connectivity index (χ2v) is 6.77. The summed E-state index contributed by atoms with van der Waals surface area (Å²) in [5, 5.41) is 18.2. The van der Waals surface area contributed by atoms with Crippen molar-refractivity contribution < 1.29 is 23.4 Å². The van der Waals surface area contributed by atoms with Crippen molar-refractivity contribution in [3.05, 3.63) is 23.9 Å². The van der Waals surface area contributed by atoms with Crippen LogP contribution >= 0.6 is 0 Å². The molecular formula is C12H16N2O5S. The van der Waals surface area contributed by atoms with Crippen molar-refractivity contribution >= 4 is 16.0 Å². The van der Waals surface area contributed by atoms with Crippen molar-refractivity contribution in [3.63, 3.8) is 0 Å². The number of carbonyl (C=O) groups is 1. The van der Waals surface area contributed by atoms with Gasteiger partial charge in [-0.2, -0.15) is 4.31 Å². The number of rotatable bonds is 3. The van der Waals surface area contributed by atoms with Crippen LogP contribution in [0.2, 0.25) is 0 Å². The van der Waals surface area contributed by atoms with E-state index in [1.807, 2.05) is 0 Å². The zero-order chi connectivity index (χ0) is 14.9. The van der Waals surface area contributed by atoms with Gasteiger partial charge < -0.3 is 10.2 Å². The first-order valence-electron chi connectivity index (χ1n) is 6.20. The maximum absolute atomic E-state index is 12.4. The van der Waals surface area contributed by atoms with Crippen molar-refractivity contribution in [2.75, 3.05) is 13.1 Å². The predicted molar refractivity (Wildman–Crippen MR) is 69.7 cm³/mol. The molecule has 0 aromatic carbocycles. The summed E-state index contributed by atoms with van der Waals surface area (Å²) in [6.45, 7) is 2.25. The highest BCUT2D eigenvalue weighted by molar-refractivity contribution is 7.89. The van der Waals surface area contributed by atoms with Crippen LogP contribution in [0.15, 0.2) is 23.4 Å². The number of aromatic carboxylic acids is 1. The maximum Gasteiger partial charge on any atom is 0.337 e. The number of aliphatic hydroxyl groups excluding tert-OH is 1. The zero-order valence-corrected chi connectivity index (χ0v) is 11.7. The van der Waals surface area contributed by atoms with E-state index in [0.717, 1.165) is 6.20 Å². The lowest BCUT2D eigenvalue weighted by molar-refractivity contribution is 0.0627. The summed E-state index contributed by atoms with van der Waals surface area (Å²) in [4.78, 5) is 14.4. The number of aliphatic hydroxyl groups is 1. The molecule has 1 aliphatic rings. The number of pyridine rings is 1. The van der Waals surface area contributed by atoms with Gasteiger partial charge in [-0.3, -0.25) is 0 Å². The minimum Gasteiger partial charge on any atom is -0.478 e. The second kappa shape index (κ2) is 5.47. The van der Waals surface area contributed by atoms with Crippen LogP contribution in [0, 0.1) is 5.92 Å². The Bertz CT molecular complexity index is 599. The van der Waals surface area contributed by atoms with Crippen molar-refractivity contribution in [1.29, 1.82) is 0 Å². The standard InChI is InChI=1S/C12H16N2O5S/c1-8-7-14(5-4-10(8)15)20(18,19)11-3-2-9(6-13-11)12(16)17/h2-3,6,8,10,15H,4-5,7H2,1H3,(H,16,17). The van der Waals surface area contributed by atoms with Crippen LogP contribution < -0.4 is 0 Å². The van der Waals surface area contributed by atoms with Crippen molar-refractivity contribution in [3.8, 4) is 0 Å². The molecular weight excluding hydrogens is 284 g/mol. The lowest BCUT2D eigenvalue weighted by Crippen LogP contribution is -2.45. The van der Waals surface area contributed by atoms with E-state index in [0.29, 0.717) is 6.42 Å². The van der Waals surface area contributed by atoms with Gasteiger partial charge in [0.05, 0.1) is 11.7 Å². The summed E-state index contributed by atoms with van der Waals surface area (Å²) in [6, 6.07) is 2.40. The van der Waals surface area contributed by atoms with Crippen LogP contribution in [-0.2, 0) is 10.0 Å². The number of hydrogen-bond donors (Lipinski definition) is 2. The summed E-state index contributed by atoms with van der Waals surface area (Å²) in [7, 11) is -3.74. The van der Waals surface area contributed by atoms with E-state index in [4.69, 9.17) is 5.11 Å². The van der Waals surface area contributed by atoms with Crippen LogP contribution in [0.4, 0.5) is 0 Å². The molecule has 20 heavy (non-hydrogen) atoms. The number of carboxylic acids is 1. The molecule has 1 aromatic heterocycles. The fourth-order valence-electron chi connectivity index (χ4n) is 2.10. The summed E-state index contributed by atoms with van der Waals surface area (Å²) in [6.07, 6.45) is 0.911. The van der Waals surface area contributed by atoms with E-state index >= 15 is 0 Å². The molecule has 1 saturated heterocycles. The molecule has 0 amide bonds. The Hall–Kier alpha value is -1.51. The van der Waals surface area contributed by atoms with Crippen molar-refractivity contribution in [2.45, 2.75) is 24.5 Å². The molecule has 7 nitrogen and oxygen atoms in total. The molecule has 2 rings (SSSR count). The Kier molecular flexibility index (Phi) is 4.07. The van der Waals surface area contributed by atoms with Crippen molar-refractivity contribution in [2.24, 2.45) is 5.92 Å². The van der Waals surface area contributed by atoms with Crippen LogP contribution in [0.3, 0.4) is 0 Å². The third-order valence-electron chi connectivity index (χ3n) is 3.41. The SMILES string of the molecule is CC1CN(S(=O)(=O)c2ccc(C(=O)O)cn2)CCC1O. The highest BCUT2D eigenvalue weighted by atomic mass is 32.2. The molecule has 0 spiro atoms. The third kappa shape index (κ3) is 2.82. The Morgan fingerprint density at radius 1 is 1.45 bits per heavy atom. The largest absolute Gasteiger partial charge is 0.478 e. The number of sulfonamides is 1. The first-order chi connectivity index (χ1) is 9.32. The molecule has 2 N–H and O–H groups in total. The Morgan fingerprint density at radius 3 is 2.65 bits per heavy atom. The highest BCUT2D eigenvalue weighted by Crippen LogP contribution is 2.22. The quantitative estimate of drug-likeness (QED) is 0.824. The topological polar surface area (TPSA) is 108 Å². The monoisotopic (exact) mass is 300 g/mol. The van der Waals surface area contributed by atoms with Gasteiger partial charge in [-0.25, -0.2) is 18.2 Å². The van der Waals surface area contributed by atoms with E-state index in [2.05, 4.69) is 4.98 Å². The van der Waals surface area contributed by atoms with Gasteiger partial charge >= 0.3 is 5.97 Å². The molecule has 1 aliphatic heterocycles. The molecule has 0 bridgehead atoms. The summed E-state index contributed by atoms with van der Waals surface area (Å²) in [5.41, 5.74) is -0.0635. The van der Waals surface area contributed by atoms with E-state index in [9.17, 15) is 18.3 Å². The van der Waals surface area contributed by atoms with Gasteiger partial charge in [0, 0.05) is 19.3 Å². The van der Waals surface area contributed by atoms with E-state index < -0.39 is 22.1 Å². The summed E-state index contributed by atoms with van der Waals surface area (Å²) in [5.74, 6) is -1.30. The first-order valence-corrected chi connectivity index (χ1v) is 7.64. The van der Waals surface area contributed by atoms with Gasteiger partial charge in [0.2, 0.25) is 0 Å². The molecule has 8 heteroatoms. The normalized spacial score (nSPS) is 24.5. The highest BCUT2D eigenvalue weighted by Gasteiger charge is 2.33. The van der Waals surface area contributed by atoms with Gasteiger partial charge in [0.1, 0.15) is 0 Å². The van der Waals surface area contributed by atoms with Gasteiger partial charge in [0.15, 0.2) is 5.03 Å². The zero-order valence-electron chi connectivity index (χ0n) is 10.9. The number of piperidine rings is 1. The fraction of sp³-hybridized carbons (Fsp3) is 0.500. The minimum atomic E-state index is -3.74. The van der Waals surface area contributed by atoms with Crippen LogP contribution in [0.25, 0.3) is 0 Å². The Balaban J connectivity index is 2.24. The van der Waals surface area contributed by atoms with Crippen LogP contribution in [0.5, 0.6) is 0 Å².